The van der Waals surface area contributed by atoms with Gasteiger partial charge in [0.1, 0.15) is 5.82 Å². The van der Waals surface area contributed by atoms with Crippen LogP contribution in [-0.4, -0.2) is 75.1 Å². The largest absolute Gasteiger partial charge is 0.483 e. The minimum Gasteiger partial charge on any atom is -0.483 e. The number of likely N-dealkylation sites (tertiary alicyclic amines) is 1. The van der Waals surface area contributed by atoms with Gasteiger partial charge in [-0.3, -0.25) is 9.59 Å². The topological polar surface area (TPSA) is 103 Å². The molecule has 0 saturated carbocycles. The number of anilines is 2. The summed E-state index contributed by atoms with van der Waals surface area (Å²) in [4.78, 5) is 29.8. The quantitative estimate of drug-likeness (QED) is 0.650. The maximum atomic E-state index is 12.8. The molecule has 3 heterocycles. The van der Waals surface area contributed by atoms with Gasteiger partial charge in [0, 0.05) is 42.6 Å². The molecule has 3 aromatic rings. The summed E-state index contributed by atoms with van der Waals surface area (Å²) in [6.45, 7) is 1.34. The van der Waals surface area contributed by atoms with Gasteiger partial charge in [-0.1, -0.05) is 6.07 Å². The summed E-state index contributed by atoms with van der Waals surface area (Å²) in [5.41, 5.74) is 2.31. The second-order valence-corrected chi connectivity index (χ2v) is 6.92. The standard InChI is InChI=1S/C19H22N6O.CH2O2/c1-23(2)16-7-10-24(13-16)19(26)14-4-3-5-15(12-14)21-17-8-11-25-18(22-17)6-9-20-25;2-1-3/h3-6,8-9,11-12,16H,7,10,13H2,1-2H3,(H,21,22);1H,(H,2,3). The van der Waals surface area contributed by atoms with Crippen molar-refractivity contribution in [2.75, 3.05) is 32.5 Å². The first-order valence-corrected chi connectivity index (χ1v) is 9.23. The first kappa shape index (κ1) is 20.3. The molecule has 1 fully saturated rings. The number of amides is 1. The van der Waals surface area contributed by atoms with E-state index >= 15 is 0 Å². The second-order valence-electron chi connectivity index (χ2n) is 6.92. The first-order valence-electron chi connectivity index (χ1n) is 9.23. The molecule has 1 atom stereocenters. The van der Waals surface area contributed by atoms with Gasteiger partial charge in [-0.25, -0.2) is 9.50 Å². The van der Waals surface area contributed by atoms with E-state index in [-0.39, 0.29) is 12.4 Å². The van der Waals surface area contributed by atoms with Crippen molar-refractivity contribution >= 4 is 29.5 Å². The smallest absolute Gasteiger partial charge is 0.290 e. The number of fused-ring (bicyclic) bond motifs is 1. The third kappa shape index (κ3) is 4.88. The van der Waals surface area contributed by atoms with Crippen LogP contribution in [0.15, 0.2) is 48.8 Å². The molecule has 2 N–H and O–H groups in total. The van der Waals surface area contributed by atoms with E-state index in [1.807, 2.05) is 47.5 Å². The van der Waals surface area contributed by atoms with Crippen molar-refractivity contribution in [3.63, 3.8) is 0 Å². The lowest BCUT2D eigenvalue weighted by Crippen LogP contribution is -2.34. The van der Waals surface area contributed by atoms with Crippen LogP contribution in [0, 0.1) is 0 Å². The molecule has 1 amide bonds. The highest BCUT2D eigenvalue weighted by atomic mass is 16.3. The van der Waals surface area contributed by atoms with Crippen molar-refractivity contribution in [2.45, 2.75) is 12.5 Å². The van der Waals surface area contributed by atoms with Gasteiger partial charge in [-0.15, -0.1) is 0 Å². The van der Waals surface area contributed by atoms with Crippen LogP contribution in [0.25, 0.3) is 5.65 Å². The van der Waals surface area contributed by atoms with E-state index in [0.29, 0.717) is 11.6 Å². The molecule has 1 saturated heterocycles. The van der Waals surface area contributed by atoms with E-state index in [2.05, 4.69) is 34.4 Å². The Balaban J connectivity index is 0.000000755. The lowest BCUT2D eigenvalue weighted by Gasteiger charge is -2.20. The number of likely N-dealkylation sites (N-methyl/N-ethyl adjacent to an activating group) is 1. The zero-order chi connectivity index (χ0) is 20.8. The highest BCUT2D eigenvalue weighted by Crippen LogP contribution is 2.20. The van der Waals surface area contributed by atoms with Crippen LogP contribution in [0.3, 0.4) is 0 Å². The minimum atomic E-state index is -0.250. The Kier molecular flexibility index (Phi) is 6.40. The van der Waals surface area contributed by atoms with Crippen LogP contribution in [0.1, 0.15) is 16.8 Å². The zero-order valence-corrected chi connectivity index (χ0v) is 16.4. The Hall–Kier alpha value is -3.46. The number of aromatic nitrogens is 3. The molecule has 4 rings (SSSR count). The van der Waals surface area contributed by atoms with Crippen molar-refractivity contribution in [3.8, 4) is 0 Å². The van der Waals surface area contributed by atoms with Crippen molar-refractivity contribution in [1.29, 1.82) is 0 Å². The van der Waals surface area contributed by atoms with Crippen molar-refractivity contribution in [2.24, 2.45) is 0 Å². The molecule has 1 aliphatic heterocycles. The Morgan fingerprint density at radius 2 is 2.10 bits per heavy atom. The number of rotatable bonds is 4. The van der Waals surface area contributed by atoms with E-state index in [9.17, 15) is 4.79 Å². The van der Waals surface area contributed by atoms with Crippen molar-refractivity contribution < 1.29 is 14.7 Å². The van der Waals surface area contributed by atoms with Crippen LogP contribution in [0.2, 0.25) is 0 Å². The molecule has 2 aromatic heterocycles. The molecule has 0 radical (unpaired) electrons. The lowest BCUT2D eigenvalue weighted by molar-refractivity contribution is -0.122. The van der Waals surface area contributed by atoms with E-state index < -0.39 is 0 Å². The number of nitrogens with zero attached hydrogens (tertiary/aromatic N) is 5. The predicted molar refractivity (Wildman–Crippen MR) is 109 cm³/mol. The number of carbonyl (C=O) groups excluding carboxylic acids is 1. The fraction of sp³-hybridized carbons (Fsp3) is 0.300. The molecule has 0 aliphatic carbocycles. The summed E-state index contributed by atoms with van der Waals surface area (Å²) < 4.78 is 1.71. The van der Waals surface area contributed by atoms with E-state index in [1.165, 1.54) is 0 Å². The highest BCUT2D eigenvalue weighted by Gasteiger charge is 2.28. The van der Waals surface area contributed by atoms with Gasteiger partial charge in [0.15, 0.2) is 5.65 Å². The van der Waals surface area contributed by atoms with Gasteiger partial charge in [0.05, 0.1) is 6.20 Å². The van der Waals surface area contributed by atoms with Crippen LogP contribution in [-0.2, 0) is 4.79 Å². The third-order valence-corrected chi connectivity index (χ3v) is 4.82. The van der Waals surface area contributed by atoms with Gasteiger partial charge in [-0.05, 0) is 44.8 Å². The molecule has 1 aliphatic rings. The number of nitrogens with one attached hydrogen (secondary N) is 1. The summed E-state index contributed by atoms with van der Waals surface area (Å²) in [5, 5.41) is 14.3. The van der Waals surface area contributed by atoms with Gasteiger partial charge >= 0.3 is 0 Å². The summed E-state index contributed by atoms with van der Waals surface area (Å²) in [6, 6.07) is 11.7. The third-order valence-electron chi connectivity index (χ3n) is 4.82. The maximum absolute atomic E-state index is 12.8. The molecule has 29 heavy (non-hydrogen) atoms. The Morgan fingerprint density at radius 1 is 1.31 bits per heavy atom. The Morgan fingerprint density at radius 3 is 2.83 bits per heavy atom. The van der Waals surface area contributed by atoms with Crippen LogP contribution in [0.5, 0.6) is 0 Å². The first-order chi connectivity index (χ1) is 14.0. The number of hydrogen-bond acceptors (Lipinski definition) is 6. The Labute approximate surface area is 168 Å². The number of carboxylic acid groups (broad SMARTS) is 1. The van der Waals surface area contributed by atoms with Gasteiger partial charge in [-0.2, -0.15) is 5.10 Å². The lowest BCUT2D eigenvalue weighted by atomic mass is 10.1. The maximum Gasteiger partial charge on any atom is 0.290 e. The van der Waals surface area contributed by atoms with Crippen LogP contribution in [0.4, 0.5) is 11.5 Å². The molecular weight excluding hydrogens is 372 g/mol. The summed E-state index contributed by atoms with van der Waals surface area (Å²) in [6.07, 6.45) is 4.58. The summed E-state index contributed by atoms with van der Waals surface area (Å²) >= 11 is 0. The van der Waals surface area contributed by atoms with Crippen LogP contribution >= 0.6 is 0 Å². The van der Waals surface area contributed by atoms with Gasteiger partial charge < -0.3 is 20.2 Å². The molecular formula is C20H24N6O3. The molecule has 0 spiro atoms. The molecule has 0 bridgehead atoms. The SMILES string of the molecule is CN(C)C1CCN(C(=O)c2cccc(Nc3ccn4nccc4n3)c2)C1.O=CO. The number of hydrogen-bond donors (Lipinski definition) is 2. The molecule has 9 nitrogen and oxygen atoms in total. The average molecular weight is 396 g/mol. The summed E-state index contributed by atoms with van der Waals surface area (Å²) in [5.74, 6) is 0.800. The van der Waals surface area contributed by atoms with E-state index in [4.69, 9.17) is 9.90 Å². The van der Waals surface area contributed by atoms with Crippen molar-refractivity contribution in [3.05, 3.63) is 54.4 Å². The predicted octanol–water partition coefficient (Wildman–Crippen LogP) is 1.95. The zero-order valence-electron chi connectivity index (χ0n) is 16.4. The minimum absolute atomic E-state index is 0.0807. The van der Waals surface area contributed by atoms with Crippen molar-refractivity contribution in [1.82, 2.24) is 24.4 Å². The highest BCUT2D eigenvalue weighted by molar-refractivity contribution is 5.95. The Bertz CT molecular complexity index is 987. The summed E-state index contributed by atoms with van der Waals surface area (Å²) in [7, 11) is 4.13. The van der Waals surface area contributed by atoms with Gasteiger partial charge in [0.25, 0.3) is 12.4 Å². The van der Waals surface area contributed by atoms with Crippen LogP contribution < -0.4 is 5.32 Å². The van der Waals surface area contributed by atoms with E-state index in [0.717, 1.165) is 36.7 Å². The fourth-order valence-electron chi connectivity index (χ4n) is 3.29. The van der Waals surface area contributed by atoms with Gasteiger partial charge in [0.2, 0.25) is 0 Å². The molecule has 1 unspecified atom stereocenters. The fourth-order valence-corrected chi connectivity index (χ4v) is 3.29. The second kappa shape index (κ2) is 9.16. The van der Waals surface area contributed by atoms with E-state index in [1.54, 1.807) is 10.7 Å². The molecule has 1 aromatic carbocycles. The molecule has 152 valence electrons. The normalized spacial score (nSPS) is 15.8. The number of carbonyl (C=O) groups is 2. The number of benzene rings is 1. The monoisotopic (exact) mass is 396 g/mol. The average Bonchev–Trinajstić information content (AvgIpc) is 3.37. The molecule has 9 heteroatoms.